The number of ether oxygens (including phenoxy) is 2. The number of hydrogen-bond donors (Lipinski definition) is 0. The van der Waals surface area contributed by atoms with E-state index >= 15 is 0 Å². The Morgan fingerprint density at radius 2 is 1.67 bits per heavy atom. The van der Waals surface area contributed by atoms with Gasteiger partial charge in [-0.2, -0.15) is 0 Å². The van der Waals surface area contributed by atoms with Crippen molar-refractivity contribution in [1.29, 1.82) is 0 Å². The molecule has 1 aromatic carbocycles. The molecule has 0 fully saturated rings. The minimum absolute atomic E-state index is 0.684. The van der Waals surface area contributed by atoms with Crippen molar-refractivity contribution in [3.05, 3.63) is 36.4 Å². The van der Waals surface area contributed by atoms with Gasteiger partial charge in [-0.3, -0.25) is 0 Å². The molecule has 0 N–H and O–H groups in total. The number of benzene rings is 1. The Hall–Kier alpha value is -1.44. The monoisotopic (exact) mass is 206 g/mol. The van der Waals surface area contributed by atoms with E-state index in [0.29, 0.717) is 13.2 Å². The summed E-state index contributed by atoms with van der Waals surface area (Å²) in [5.41, 5.74) is 1.14. The number of hydrogen-bond acceptors (Lipinski definition) is 2. The summed E-state index contributed by atoms with van der Waals surface area (Å²) < 4.78 is 10.9. The van der Waals surface area contributed by atoms with E-state index in [1.807, 2.05) is 38.1 Å². The van der Waals surface area contributed by atoms with Gasteiger partial charge in [0, 0.05) is 6.42 Å². The van der Waals surface area contributed by atoms with E-state index in [1.165, 1.54) is 0 Å². The molecule has 0 aliphatic rings. The molecule has 1 rings (SSSR count). The topological polar surface area (TPSA) is 18.5 Å². The van der Waals surface area contributed by atoms with Crippen LogP contribution in [0.3, 0.4) is 0 Å². The first-order valence-electron chi connectivity index (χ1n) is 5.22. The van der Waals surface area contributed by atoms with Crippen molar-refractivity contribution in [2.45, 2.75) is 20.3 Å². The van der Waals surface area contributed by atoms with Gasteiger partial charge in [-0.25, -0.2) is 0 Å². The summed E-state index contributed by atoms with van der Waals surface area (Å²) in [5, 5.41) is 0. The third kappa shape index (κ3) is 4.54. The zero-order valence-corrected chi connectivity index (χ0v) is 9.45. The SMILES string of the molecule is C=C(C)CCOc1ccc(OCC)cc1. The molecular formula is C13H18O2. The molecule has 0 saturated heterocycles. The molecular weight excluding hydrogens is 188 g/mol. The summed E-state index contributed by atoms with van der Waals surface area (Å²) in [6.07, 6.45) is 0.896. The fraction of sp³-hybridized carbons (Fsp3) is 0.385. The molecule has 15 heavy (non-hydrogen) atoms. The largest absolute Gasteiger partial charge is 0.494 e. The van der Waals surface area contributed by atoms with Crippen LogP contribution in [0, 0.1) is 0 Å². The quantitative estimate of drug-likeness (QED) is 0.664. The lowest BCUT2D eigenvalue weighted by Gasteiger charge is -2.07. The highest BCUT2D eigenvalue weighted by atomic mass is 16.5. The van der Waals surface area contributed by atoms with Gasteiger partial charge in [0.1, 0.15) is 11.5 Å². The van der Waals surface area contributed by atoms with Crippen LogP contribution in [0.25, 0.3) is 0 Å². The molecule has 0 unspecified atom stereocenters. The Balaban J connectivity index is 2.39. The molecule has 0 amide bonds. The maximum absolute atomic E-state index is 5.53. The van der Waals surface area contributed by atoms with Gasteiger partial charge >= 0.3 is 0 Å². The molecule has 0 saturated carbocycles. The number of rotatable bonds is 6. The van der Waals surface area contributed by atoms with Crippen molar-refractivity contribution in [2.75, 3.05) is 13.2 Å². The summed E-state index contributed by atoms with van der Waals surface area (Å²) in [6.45, 7) is 9.17. The van der Waals surface area contributed by atoms with E-state index in [4.69, 9.17) is 9.47 Å². The van der Waals surface area contributed by atoms with Crippen molar-refractivity contribution in [3.8, 4) is 11.5 Å². The van der Waals surface area contributed by atoms with Crippen LogP contribution in [-0.2, 0) is 0 Å². The second-order valence-corrected chi connectivity index (χ2v) is 3.46. The Kier molecular flexibility index (Phi) is 4.75. The minimum Gasteiger partial charge on any atom is -0.494 e. The Morgan fingerprint density at radius 3 is 2.13 bits per heavy atom. The van der Waals surface area contributed by atoms with Gasteiger partial charge in [0.25, 0.3) is 0 Å². The lowest BCUT2D eigenvalue weighted by atomic mass is 10.2. The second-order valence-electron chi connectivity index (χ2n) is 3.46. The van der Waals surface area contributed by atoms with Crippen LogP contribution in [0.5, 0.6) is 11.5 Å². The molecule has 2 heteroatoms. The van der Waals surface area contributed by atoms with Gasteiger partial charge in [0.05, 0.1) is 13.2 Å². The van der Waals surface area contributed by atoms with Crippen LogP contribution in [0.1, 0.15) is 20.3 Å². The van der Waals surface area contributed by atoms with Gasteiger partial charge in [0.2, 0.25) is 0 Å². The highest BCUT2D eigenvalue weighted by Gasteiger charge is 1.95. The molecule has 0 aromatic heterocycles. The summed E-state index contributed by atoms with van der Waals surface area (Å²) in [7, 11) is 0. The van der Waals surface area contributed by atoms with E-state index in [-0.39, 0.29) is 0 Å². The average molecular weight is 206 g/mol. The molecule has 0 bridgehead atoms. The Bertz CT molecular complexity index is 301. The van der Waals surface area contributed by atoms with Gasteiger partial charge in [-0.1, -0.05) is 5.57 Å². The van der Waals surface area contributed by atoms with Crippen molar-refractivity contribution in [3.63, 3.8) is 0 Å². The maximum Gasteiger partial charge on any atom is 0.119 e. The minimum atomic E-state index is 0.684. The van der Waals surface area contributed by atoms with E-state index in [1.54, 1.807) is 0 Å². The van der Waals surface area contributed by atoms with E-state index < -0.39 is 0 Å². The predicted octanol–water partition coefficient (Wildman–Crippen LogP) is 3.43. The average Bonchev–Trinajstić information content (AvgIpc) is 2.20. The normalized spacial score (nSPS) is 9.73. The Morgan fingerprint density at radius 1 is 1.13 bits per heavy atom. The van der Waals surface area contributed by atoms with Gasteiger partial charge in [-0.15, -0.1) is 6.58 Å². The first-order chi connectivity index (χ1) is 7.22. The predicted molar refractivity (Wildman–Crippen MR) is 62.5 cm³/mol. The molecule has 0 atom stereocenters. The smallest absolute Gasteiger partial charge is 0.119 e. The van der Waals surface area contributed by atoms with Crippen molar-refractivity contribution >= 4 is 0 Å². The summed E-state index contributed by atoms with van der Waals surface area (Å²) >= 11 is 0. The van der Waals surface area contributed by atoms with Crippen molar-refractivity contribution in [2.24, 2.45) is 0 Å². The third-order valence-corrected chi connectivity index (χ3v) is 1.93. The lowest BCUT2D eigenvalue weighted by Crippen LogP contribution is -1.97. The molecule has 0 aliphatic heterocycles. The van der Waals surface area contributed by atoms with E-state index in [0.717, 1.165) is 23.5 Å². The molecule has 0 radical (unpaired) electrons. The van der Waals surface area contributed by atoms with Crippen LogP contribution in [0.15, 0.2) is 36.4 Å². The van der Waals surface area contributed by atoms with Crippen LogP contribution < -0.4 is 9.47 Å². The maximum atomic E-state index is 5.53. The zero-order valence-electron chi connectivity index (χ0n) is 9.45. The third-order valence-electron chi connectivity index (χ3n) is 1.93. The summed E-state index contributed by atoms with van der Waals surface area (Å²) in [5.74, 6) is 1.75. The zero-order chi connectivity index (χ0) is 11.1. The van der Waals surface area contributed by atoms with Crippen LogP contribution in [-0.4, -0.2) is 13.2 Å². The van der Waals surface area contributed by atoms with E-state index in [2.05, 4.69) is 6.58 Å². The fourth-order valence-electron chi connectivity index (χ4n) is 1.14. The molecule has 1 aromatic rings. The first-order valence-corrected chi connectivity index (χ1v) is 5.22. The molecule has 0 heterocycles. The molecule has 0 spiro atoms. The summed E-state index contributed by atoms with van der Waals surface area (Å²) in [4.78, 5) is 0. The molecule has 2 nitrogen and oxygen atoms in total. The van der Waals surface area contributed by atoms with Crippen molar-refractivity contribution in [1.82, 2.24) is 0 Å². The highest BCUT2D eigenvalue weighted by Crippen LogP contribution is 2.17. The molecule has 82 valence electrons. The van der Waals surface area contributed by atoms with Gasteiger partial charge in [-0.05, 0) is 38.1 Å². The standard InChI is InChI=1S/C13H18O2/c1-4-14-12-5-7-13(8-6-12)15-10-9-11(2)3/h5-8H,2,4,9-10H2,1,3H3. The fourth-order valence-corrected chi connectivity index (χ4v) is 1.14. The molecule has 0 aliphatic carbocycles. The van der Waals surface area contributed by atoms with Crippen LogP contribution >= 0.6 is 0 Å². The second kappa shape index (κ2) is 6.12. The van der Waals surface area contributed by atoms with Crippen LogP contribution in [0.2, 0.25) is 0 Å². The van der Waals surface area contributed by atoms with Gasteiger partial charge < -0.3 is 9.47 Å². The van der Waals surface area contributed by atoms with E-state index in [9.17, 15) is 0 Å². The summed E-state index contributed by atoms with van der Waals surface area (Å²) in [6, 6.07) is 7.67. The Labute approximate surface area is 91.5 Å². The lowest BCUT2D eigenvalue weighted by molar-refractivity contribution is 0.318. The first kappa shape index (κ1) is 11.6. The van der Waals surface area contributed by atoms with Gasteiger partial charge in [0.15, 0.2) is 0 Å². The van der Waals surface area contributed by atoms with Crippen molar-refractivity contribution < 1.29 is 9.47 Å². The van der Waals surface area contributed by atoms with Crippen LogP contribution in [0.4, 0.5) is 0 Å². The highest BCUT2D eigenvalue weighted by molar-refractivity contribution is 5.31.